The molecule has 1 N–H and O–H groups in total. The second kappa shape index (κ2) is 5.35. The van der Waals surface area contributed by atoms with Crippen LogP contribution >= 0.6 is 0 Å². The summed E-state index contributed by atoms with van der Waals surface area (Å²) >= 11 is 0. The van der Waals surface area contributed by atoms with Crippen LogP contribution in [-0.2, 0) is 4.79 Å². The maximum atomic E-state index is 11.4. The summed E-state index contributed by atoms with van der Waals surface area (Å²) in [6, 6.07) is 12.8. The average molecular weight is 309 g/mol. The van der Waals surface area contributed by atoms with E-state index in [2.05, 4.69) is 15.3 Å². The number of carbonyl (C=O) groups is 1. The van der Waals surface area contributed by atoms with E-state index in [4.69, 9.17) is 0 Å². The van der Waals surface area contributed by atoms with Crippen molar-refractivity contribution >= 4 is 17.4 Å². The maximum absolute atomic E-state index is 11.4. The van der Waals surface area contributed by atoms with E-state index in [-0.39, 0.29) is 0 Å². The first-order valence-electron chi connectivity index (χ1n) is 7.51. The number of carboxylic acid groups (broad SMARTS) is 1. The molecule has 3 aromatic rings. The summed E-state index contributed by atoms with van der Waals surface area (Å²) in [6.07, 6.45) is 1.49. The molecule has 0 saturated carbocycles. The van der Waals surface area contributed by atoms with Gasteiger partial charge in [-0.1, -0.05) is 30.3 Å². The maximum Gasteiger partial charge on any atom is 0.326 e. The van der Waals surface area contributed by atoms with Crippen LogP contribution in [0, 0.1) is 0 Å². The van der Waals surface area contributed by atoms with Crippen molar-refractivity contribution in [2.45, 2.75) is 18.9 Å². The molecular formula is C16H15N5O2. The molecule has 4 rings (SSSR count). The Labute approximate surface area is 132 Å². The van der Waals surface area contributed by atoms with Gasteiger partial charge in [0.2, 0.25) is 0 Å². The van der Waals surface area contributed by atoms with Gasteiger partial charge in [-0.15, -0.1) is 15.3 Å². The largest absolute Gasteiger partial charge is 0.480 e. The Hall–Kier alpha value is -2.96. The summed E-state index contributed by atoms with van der Waals surface area (Å²) in [6.45, 7) is 0.693. The third-order valence-corrected chi connectivity index (χ3v) is 4.11. The van der Waals surface area contributed by atoms with Crippen molar-refractivity contribution in [1.29, 1.82) is 0 Å². The van der Waals surface area contributed by atoms with Crippen molar-refractivity contribution in [1.82, 2.24) is 19.8 Å². The molecule has 0 aliphatic carbocycles. The highest BCUT2D eigenvalue weighted by molar-refractivity contribution is 5.78. The van der Waals surface area contributed by atoms with Crippen molar-refractivity contribution in [2.75, 3.05) is 11.4 Å². The lowest BCUT2D eigenvalue weighted by molar-refractivity contribution is -0.138. The van der Waals surface area contributed by atoms with Gasteiger partial charge in [-0.2, -0.15) is 4.52 Å². The van der Waals surface area contributed by atoms with Crippen molar-refractivity contribution in [3.63, 3.8) is 0 Å². The molecule has 0 spiro atoms. The van der Waals surface area contributed by atoms with Crippen LogP contribution in [0.1, 0.15) is 12.8 Å². The van der Waals surface area contributed by atoms with E-state index >= 15 is 0 Å². The number of benzene rings is 1. The van der Waals surface area contributed by atoms with Crippen LogP contribution in [0.25, 0.3) is 17.0 Å². The predicted molar refractivity (Wildman–Crippen MR) is 84.2 cm³/mol. The molecule has 0 bridgehead atoms. The lowest BCUT2D eigenvalue weighted by Gasteiger charge is -2.22. The normalized spacial score (nSPS) is 17.7. The minimum absolute atomic E-state index is 0.517. The standard InChI is InChI=1S/C16H15N5O2/c22-16(23)12-7-4-10-20(12)14-9-8-13-17-18-15(21(13)19-14)11-5-2-1-3-6-11/h1-3,5-6,8-9,12H,4,7,10H2,(H,22,23)/t12-/m0/s1. The number of hydrogen-bond donors (Lipinski definition) is 1. The Kier molecular flexibility index (Phi) is 3.18. The molecular weight excluding hydrogens is 294 g/mol. The van der Waals surface area contributed by atoms with Gasteiger partial charge in [0.25, 0.3) is 0 Å². The monoisotopic (exact) mass is 309 g/mol. The lowest BCUT2D eigenvalue weighted by Crippen LogP contribution is -2.36. The van der Waals surface area contributed by atoms with Crippen LogP contribution in [0.15, 0.2) is 42.5 Å². The van der Waals surface area contributed by atoms with Crippen LogP contribution in [0.5, 0.6) is 0 Å². The molecule has 2 aromatic heterocycles. The van der Waals surface area contributed by atoms with Gasteiger partial charge in [0.15, 0.2) is 11.5 Å². The zero-order valence-electron chi connectivity index (χ0n) is 12.3. The molecule has 1 fully saturated rings. The number of hydrogen-bond acceptors (Lipinski definition) is 5. The highest BCUT2D eigenvalue weighted by atomic mass is 16.4. The fourth-order valence-electron chi connectivity index (χ4n) is 3.00. The minimum Gasteiger partial charge on any atom is -0.480 e. The third kappa shape index (κ3) is 2.30. The summed E-state index contributed by atoms with van der Waals surface area (Å²) < 4.78 is 1.67. The Morgan fingerprint density at radius 2 is 1.96 bits per heavy atom. The van der Waals surface area contributed by atoms with Gasteiger partial charge in [0, 0.05) is 12.1 Å². The number of anilines is 1. The Morgan fingerprint density at radius 3 is 2.74 bits per heavy atom. The van der Waals surface area contributed by atoms with Crippen molar-refractivity contribution in [3.05, 3.63) is 42.5 Å². The van der Waals surface area contributed by atoms with Crippen molar-refractivity contribution in [2.24, 2.45) is 0 Å². The van der Waals surface area contributed by atoms with E-state index in [0.29, 0.717) is 30.3 Å². The van der Waals surface area contributed by atoms with Gasteiger partial charge in [0.1, 0.15) is 11.9 Å². The summed E-state index contributed by atoms with van der Waals surface area (Å²) in [5, 5.41) is 22.3. The molecule has 0 radical (unpaired) electrons. The van der Waals surface area contributed by atoms with Gasteiger partial charge >= 0.3 is 5.97 Å². The molecule has 116 valence electrons. The van der Waals surface area contributed by atoms with Crippen LogP contribution in [0.4, 0.5) is 5.82 Å². The van der Waals surface area contributed by atoms with Crippen molar-refractivity contribution < 1.29 is 9.90 Å². The molecule has 7 nitrogen and oxygen atoms in total. The van der Waals surface area contributed by atoms with Crippen LogP contribution in [0.2, 0.25) is 0 Å². The van der Waals surface area contributed by atoms with Crippen molar-refractivity contribution in [3.8, 4) is 11.4 Å². The molecule has 1 saturated heterocycles. The van der Waals surface area contributed by atoms with Gasteiger partial charge in [-0.05, 0) is 25.0 Å². The number of aliphatic carboxylic acids is 1. The van der Waals surface area contributed by atoms with Gasteiger partial charge in [-0.3, -0.25) is 0 Å². The lowest BCUT2D eigenvalue weighted by atomic mass is 10.2. The summed E-state index contributed by atoms with van der Waals surface area (Å²) in [7, 11) is 0. The fourth-order valence-corrected chi connectivity index (χ4v) is 3.00. The average Bonchev–Trinajstić information content (AvgIpc) is 3.22. The molecule has 3 heterocycles. The van der Waals surface area contributed by atoms with E-state index in [9.17, 15) is 9.90 Å². The molecule has 7 heteroatoms. The quantitative estimate of drug-likeness (QED) is 0.795. The molecule has 1 aliphatic heterocycles. The van der Waals surface area contributed by atoms with Gasteiger partial charge in [-0.25, -0.2) is 4.79 Å². The second-order valence-electron chi connectivity index (χ2n) is 5.54. The first-order chi connectivity index (χ1) is 11.2. The smallest absolute Gasteiger partial charge is 0.326 e. The molecule has 1 aliphatic rings. The zero-order valence-corrected chi connectivity index (χ0v) is 12.3. The molecule has 0 unspecified atom stereocenters. The van der Waals surface area contributed by atoms with E-state index in [1.54, 1.807) is 10.6 Å². The number of fused-ring (bicyclic) bond motifs is 1. The van der Waals surface area contributed by atoms with Crippen LogP contribution in [0.3, 0.4) is 0 Å². The Balaban J connectivity index is 1.80. The number of carboxylic acids is 1. The Morgan fingerprint density at radius 1 is 1.13 bits per heavy atom. The van der Waals surface area contributed by atoms with Crippen LogP contribution < -0.4 is 4.90 Å². The SMILES string of the molecule is O=C(O)[C@@H]1CCCN1c1ccc2nnc(-c3ccccc3)n2n1. The predicted octanol–water partition coefficient (Wildman–Crippen LogP) is 1.84. The van der Waals surface area contributed by atoms with Gasteiger partial charge in [0.05, 0.1) is 0 Å². The van der Waals surface area contributed by atoms with E-state index in [1.165, 1.54) is 0 Å². The van der Waals surface area contributed by atoms with Gasteiger partial charge < -0.3 is 10.0 Å². The topological polar surface area (TPSA) is 83.6 Å². The summed E-state index contributed by atoms with van der Waals surface area (Å²) in [4.78, 5) is 13.2. The summed E-state index contributed by atoms with van der Waals surface area (Å²) in [5.41, 5.74) is 1.56. The number of nitrogens with zero attached hydrogens (tertiary/aromatic N) is 5. The molecule has 23 heavy (non-hydrogen) atoms. The fraction of sp³-hybridized carbons (Fsp3) is 0.250. The molecule has 1 aromatic carbocycles. The van der Waals surface area contributed by atoms with E-state index < -0.39 is 12.0 Å². The highest BCUT2D eigenvalue weighted by Gasteiger charge is 2.31. The second-order valence-corrected chi connectivity index (χ2v) is 5.54. The highest BCUT2D eigenvalue weighted by Crippen LogP contribution is 2.25. The molecule has 1 atom stereocenters. The van der Waals surface area contributed by atoms with E-state index in [0.717, 1.165) is 12.0 Å². The first kappa shape index (κ1) is 13.7. The first-order valence-corrected chi connectivity index (χ1v) is 7.51. The number of aromatic nitrogens is 4. The zero-order chi connectivity index (χ0) is 15.8. The van der Waals surface area contributed by atoms with Crippen LogP contribution in [-0.4, -0.2) is 43.5 Å². The van der Waals surface area contributed by atoms with E-state index in [1.807, 2.05) is 41.3 Å². The number of rotatable bonds is 3. The minimum atomic E-state index is -0.809. The Bertz CT molecular complexity index is 861. The summed E-state index contributed by atoms with van der Waals surface area (Å²) in [5.74, 6) is 0.476. The third-order valence-electron chi connectivity index (χ3n) is 4.11. The molecule has 0 amide bonds.